The summed E-state index contributed by atoms with van der Waals surface area (Å²) in [5.41, 5.74) is 1.07. The summed E-state index contributed by atoms with van der Waals surface area (Å²) in [6.07, 6.45) is 0.939. The van der Waals surface area contributed by atoms with Crippen molar-refractivity contribution in [1.82, 2.24) is 15.5 Å². The van der Waals surface area contributed by atoms with Crippen LogP contribution in [0.5, 0.6) is 11.5 Å². The van der Waals surface area contributed by atoms with Gasteiger partial charge < -0.3 is 29.7 Å². The molecule has 168 valence electrons. The van der Waals surface area contributed by atoms with Crippen LogP contribution in [0.2, 0.25) is 0 Å². The van der Waals surface area contributed by atoms with Crippen molar-refractivity contribution in [2.75, 3.05) is 60.2 Å². The van der Waals surface area contributed by atoms with Crippen molar-refractivity contribution in [3.8, 4) is 11.5 Å². The van der Waals surface area contributed by atoms with E-state index in [4.69, 9.17) is 14.2 Å². The van der Waals surface area contributed by atoms with Crippen molar-refractivity contribution in [3.63, 3.8) is 0 Å². The van der Waals surface area contributed by atoms with Gasteiger partial charge in [-0.1, -0.05) is 19.9 Å². The van der Waals surface area contributed by atoms with E-state index in [0.29, 0.717) is 13.2 Å². The first-order valence-electron chi connectivity index (χ1n) is 10.2. The molecule has 0 fully saturated rings. The Morgan fingerprint density at radius 1 is 1.03 bits per heavy atom. The second-order valence-electron chi connectivity index (χ2n) is 6.33. The zero-order valence-electron chi connectivity index (χ0n) is 18.6. The molecule has 0 aliphatic carbocycles. The lowest BCUT2D eigenvalue weighted by atomic mass is 10.2. The van der Waals surface area contributed by atoms with E-state index in [1.807, 2.05) is 18.2 Å². The Kier molecular flexibility index (Phi) is 16.8. The van der Waals surface area contributed by atoms with Crippen molar-refractivity contribution in [2.24, 2.45) is 4.99 Å². The maximum atomic E-state index is 5.92. The van der Waals surface area contributed by atoms with Crippen LogP contribution in [-0.2, 0) is 11.3 Å². The zero-order chi connectivity index (χ0) is 20.6. The van der Waals surface area contributed by atoms with Gasteiger partial charge in [0.05, 0.1) is 13.7 Å². The maximum absolute atomic E-state index is 5.92. The Morgan fingerprint density at radius 2 is 1.79 bits per heavy atom. The number of nitrogens with one attached hydrogen (secondary N) is 2. The molecule has 0 radical (unpaired) electrons. The summed E-state index contributed by atoms with van der Waals surface area (Å²) in [6, 6.07) is 5.99. The highest BCUT2D eigenvalue weighted by molar-refractivity contribution is 14.0. The van der Waals surface area contributed by atoms with Gasteiger partial charge in [0.25, 0.3) is 0 Å². The van der Waals surface area contributed by atoms with Crippen LogP contribution in [0.4, 0.5) is 0 Å². The number of benzene rings is 1. The van der Waals surface area contributed by atoms with Crippen molar-refractivity contribution >= 4 is 29.9 Å². The Labute approximate surface area is 193 Å². The molecule has 0 bridgehead atoms. The SMILES string of the molecule is CCNC(=NCc1ccc(OCCN(CC)CC)c(OC)c1)NCCCOC.I. The molecular formula is C21H39IN4O3. The number of aliphatic imine (C=N–C) groups is 1. The van der Waals surface area contributed by atoms with Crippen molar-refractivity contribution in [3.05, 3.63) is 23.8 Å². The van der Waals surface area contributed by atoms with E-state index in [9.17, 15) is 0 Å². The second-order valence-corrected chi connectivity index (χ2v) is 6.33. The molecular weight excluding hydrogens is 483 g/mol. The average molecular weight is 522 g/mol. The summed E-state index contributed by atoms with van der Waals surface area (Å²) in [6.45, 7) is 12.9. The number of rotatable bonds is 14. The molecule has 0 aliphatic heterocycles. The lowest BCUT2D eigenvalue weighted by Crippen LogP contribution is -2.38. The van der Waals surface area contributed by atoms with Gasteiger partial charge in [-0.15, -0.1) is 24.0 Å². The first-order valence-corrected chi connectivity index (χ1v) is 10.2. The molecule has 0 aromatic heterocycles. The van der Waals surface area contributed by atoms with E-state index >= 15 is 0 Å². The smallest absolute Gasteiger partial charge is 0.191 e. The van der Waals surface area contributed by atoms with E-state index in [0.717, 1.165) is 68.8 Å². The van der Waals surface area contributed by atoms with Crippen LogP contribution in [-0.4, -0.2) is 71.0 Å². The molecule has 0 unspecified atom stereocenters. The molecule has 8 heteroatoms. The van der Waals surface area contributed by atoms with Crippen LogP contribution >= 0.6 is 24.0 Å². The molecule has 0 aliphatic rings. The third kappa shape index (κ3) is 11.5. The summed E-state index contributed by atoms with van der Waals surface area (Å²) >= 11 is 0. The van der Waals surface area contributed by atoms with Gasteiger partial charge >= 0.3 is 0 Å². The third-order valence-electron chi connectivity index (χ3n) is 4.37. The predicted molar refractivity (Wildman–Crippen MR) is 131 cm³/mol. The fourth-order valence-corrected chi connectivity index (χ4v) is 2.69. The van der Waals surface area contributed by atoms with Gasteiger partial charge in [-0.25, -0.2) is 4.99 Å². The fourth-order valence-electron chi connectivity index (χ4n) is 2.69. The quantitative estimate of drug-likeness (QED) is 0.170. The van der Waals surface area contributed by atoms with Gasteiger partial charge in [-0.2, -0.15) is 0 Å². The maximum Gasteiger partial charge on any atom is 0.191 e. The minimum absolute atomic E-state index is 0. The molecule has 0 saturated heterocycles. The van der Waals surface area contributed by atoms with Crippen LogP contribution in [0.25, 0.3) is 0 Å². The number of nitrogens with zero attached hydrogens (tertiary/aromatic N) is 2. The monoisotopic (exact) mass is 522 g/mol. The molecule has 29 heavy (non-hydrogen) atoms. The van der Waals surface area contributed by atoms with Gasteiger partial charge in [-0.05, 0) is 44.1 Å². The van der Waals surface area contributed by atoms with Crippen LogP contribution in [0.1, 0.15) is 32.8 Å². The van der Waals surface area contributed by atoms with Crippen molar-refractivity contribution in [2.45, 2.75) is 33.7 Å². The highest BCUT2D eigenvalue weighted by Crippen LogP contribution is 2.28. The molecule has 0 heterocycles. The molecule has 0 spiro atoms. The zero-order valence-corrected chi connectivity index (χ0v) is 21.0. The molecule has 2 N–H and O–H groups in total. The fraction of sp³-hybridized carbons (Fsp3) is 0.667. The minimum Gasteiger partial charge on any atom is -0.493 e. The molecule has 1 rings (SSSR count). The Balaban J connectivity index is 0.00000784. The standard InChI is InChI=1S/C21H38N4O3.HI/c1-6-22-21(23-12-9-14-26-4)24-17-18-10-11-19(20(16-18)27-5)28-15-13-25(7-2)8-3;/h10-11,16H,6-9,12-15,17H2,1-5H3,(H2,22,23,24);1H. The Bertz CT molecular complexity index is 569. The topological polar surface area (TPSA) is 67.4 Å². The van der Waals surface area contributed by atoms with Crippen LogP contribution in [0.3, 0.4) is 0 Å². The van der Waals surface area contributed by atoms with Crippen molar-refractivity contribution in [1.29, 1.82) is 0 Å². The summed E-state index contributed by atoms with van der Waals surface area (Å²) < 4.78 is 16.5. The number of likely N-dealkylation sites (N-methyl/N-ethyl adjacent to an activating group) is 1. The normalized spacial score (nSPS) is 11.2. The van der Waals surface area contributed by atoms with Gasteiger partial charge in [0.15, 0.2) is 17.5 Å². The number of hydrogen-bond donors (Lipinski definition) is 2. The lowest BCUT2D eigenvalue weighted by Gasteiger charge is -2.19. The van der Waals surface area contributed by atoms with Gasteiger partial charge in [0, 0.05) is 33.4 Å². The van der Waals surface area contributed by atoms with E-state index in [1.54, 1.807) is 14.2 Å². The van der Waals surface area contributed by atoms with E-state index < -0.39 is 0 Å². The van der Waals surface area contributed by atoms with Crippen LogP contribution in [0.15, 0.2) is 23.2 Å². The first-order chi connectivity index (χ1) is 13.7. The lowest BCUT2D eigenvalue weighted by molar-refractivity contribution is 0.195. The molecule has 0 amide bonds. The summed E-state index contributed by atoms with van der Waals surface area (Å²) in [5, 5.41) is 6.57. The number of hydrogen-bond acceptors (Lipinski definition) is 5. The highest BCUT2D eigenvalue weighted by Gasteiger charge is 2.07. The van der Waals surface area contributed by atoms with Crippen LogP contribution < -0.4 is 20.1 Å². The number of halogens is 1. The Morgan fingerprint density at radius 3 is 2.41 bits per heavy atom. The molecule has 7 nitrogen and oxygen atoms in total. The van der Waals surface area contributed by atoms with Crippen LogP contribution in [0, 0.1) is 0 Å². The average Bonchev–Trinajstić information content (AvgIpc) is 2.72. The molecule has 0 atom stereocenters. The number of guanidine groups is 1. The van der Waals surface area contributed by atoms with Crippen molar-refractivity contribution < 1.29 is 14.2 Å². The molecule has 0 saturated carbocycles. The minimum atomic E-state index is 0. The van der Waals surface area contributed by atoms with Gasteiger partial charge in [0.2, 0.25) is 0 Å². The first kappa shape index (κ1) is 27.7. The number of methoxy groups -OCH3 is 2. The molecule has 1 aromatic carbocycles. The summed E-state index contributed by atoms with van der Waals surface area (Å²) in [4.78, 5) is 6.98. The highest BCUT2D eigenvalue weighted by atomic mass is 127. The number of ether oxygens (including phenoxy) is 3. The van der Waals surface area contributed by atoms with E-state index in [1.165, 1.54) is 0 Å². The van der Waals surface area contributed by atoms with E-state index in [2.05, 4.69) is 41.3 Å². The third-order valence-corrected chi connectivity index (χ3v) is 4.37. The van der Waals surface area contributed by atoms with Gasteiger partial charge in [-0.3, -0.25) is 0 Å². The van der Waals surface area contributed by atoms with E-state index in [-0.39, 0.29) is 24.0 Å². The van der Waals surface area contributed by atoms with Gasteiger partial charge in [0.1, 0.15) is 6.61 Å². The largest absolute Gasteiger partial charge is 0.493 e. The molecule has 1 aromatic rings. The predicted octanol–water partition coefficient (Wildman–Crippen LogP) is 3.13. The second kappa shape index (κ2) is 17.6. The summed E-state index contributed by atoms with van der Waals surface area (Å²) in [7, 11) is 3.38. The Hall–Kier alpha value is -1.26. The summed E-state index contributed by atoms with van der Waals surface area (Å²) in [5.74, 6) is 2.31.